The number of anilines is 1. The summed E-state index contributed by atoms with van der Waals surface area (Å²) in [7, 11) is 1.63. The monoisotopic (exact) mass is 321 g/mol. The lowest BCUT2D eigenvalue weighted by Gasteiger charge is -2.09. The summed E-state index contributed by atoms with van der Waals surface area (Å²) < 4.78 is 5.82. The van der Waals surface area contributed by atoms with Crippen LogP contribution < -0.4 is 5.73 Å². The zero-order chi connectivity index (χ0) is 14.0. The van der Waals surface area contributed by atoms with Crippen molar-refractivity contribution in [2.75, 3.05) is 12.8 Å². The molecular weight excluding hydrogens is 306 g/mol. The van der Waals surface area contributed by atoms with Gasteiger partial charge in [-0.1, -0.05) is 17.2 Å². The molecule has 0 radical (unpaired) electrons. The van der Waals surface area contributed by atoms with Gasteiger partial charge in [0.15, 0.2) is 5.82 Å². The largest absolute Gasteiger partial charge is 0.383 e. The minimum Gasteiger partial charge on any atom is -0.383 e. The Labute approximate surface area is 121 Å². The molecule has 0 spiro atoms. The number of halogens is 1. The Bertz CT molecular complexity index is 594. The lowest BCUT2D eigenvalue weighted by atomic mass is 10.1. The van der Waals surface area contributed by atoms with Crippen molar-refractivity contribution in [1.82, 2.24) is 9.97 Å². The van der Waals surface area contributed by atoms with Crippen LogP contribution in [0.3, 0.4) is 0 Å². The molecule has 19 heavy (non-hydrogen) atoms. The molecule has 0 unspecified atom stereocenters. The van der Waals surface area contributed by atoms with E-state index in [1.807, 2.05) is 12.1 Å². The number of nitrogen functional groups attached to an aromatic ring is 1. The van der Waals surface area contributed by atoms with Gasteiger partial charge in [-0.25, -0.2) is 9.97 Å². The molecule has 2 rings (SSSR count). The van der Waals surface area contributed by atoms with Gasteiger partial charge in [-0.3, -0.25) is 0 Å². The van der Waals surface area contributed by atoms with Crippen molar-refractivity contribution in [2.24, 2.45) is 0 Å². The molecule has 1 heterocycles. The van der Waals surface area contributed by atoms with Crippen LogP contribution in [0.5, 0.6) is 0 Å². The van der Waals surface area contributed by atoms with E-state index in [1.165, 1.54) is 11.1 Å². The molecule has 5 heteroatoms. The van der Waals surface area contributed by atoms with E-state index in [-0.39, 0.29) is 0 Å². The van der Waals surface area contributed by atoms with Gasteiger partial charge in [0.25, 0.3) is 0 Å². The Morgan fingerprint density at radius 1 is 1.16 bits per heavy atom. The van der Waals surface area contributed by atoms with Gasteiger partial charge < -0.3 is 10.5 Å². The number of hydrogen-bond acceptors (Lipinski definition) is 4. The SMILES string of the molecule is COCc1nc(-c2cc(C)cc(C)c2)nc(N)c1Br. The maximum atomic E-state index is 5.91. The number of benzene rings is 1. The van der Waals surface area contributed by atoms with Crippen LogP contribution in [0.2, 0.25) is 0 Å². The lowest BCUT2D eigenvalue weighted by Crippen LogP contribution is -2.04. The fourth-order valence-electron chi connectivity index (χ4n) is 1.98. The van der Waals surface area contributed by atoms with Crippen LogP contribution in [0.25, 0.3) is 11.4 Å². The third kappa shape index (κ3) is 3.11. The highest BCUT2D eigenvalue weighted by atomic mass is 79.9. The average molecular weight is 322 g/mol. The fourth-order valence-corrected chi connectivity index (χ4v) is 2.27. The second kappa shape index (κ2) is 5.67. The number of methoxy groups -OCH3 is 1. The van der Waals surface area contributed by atoms with E-state index >= 15 is 0 Å². The minimum atomic E-state index is 0.394. The third-order valence-corrected chi connectivity index (χ3v) is 3.57. The van der Waals surface area contributed by atoms with Gasteiger partial charge in [0.2, 0.25) is 0 Å². The van der Waals surface area contributed by atoms with Crippen molar-refractivity contribution in [1.29, 1.82) is 0 Å². The van der Waals surface area contributed by atoms with E-state index in [0.717, 1.165) is 11.3 Å². The summed E-state index contributed by atoms with van der Waals surface area (Å²) in [4.78, 5) is 8.84. The Kier molecular flexibility index (Phi) is 4.17. The van der Waals surface area contributed by atoms with Crippen molar-refractivity contribution in [3.05, 3.63) is 39.5 Å². The van der Waals surface area contributed by atoms with E-state index in [2.05, 4.69) is 45.8 Å². The van der Waals surface area contributed by atoms with Gasteiger partial charge in [-0.05, 0) is 41.9 Å². The summed E-state index contributed by atoms with van der Waals surface area (Å²) in [6.07, 6.45) is 0. The molecule has 0 aliphatic rings. The van der Waals surface area contributed by atoms with E-state index in [4.69, 9.17) is 10.5 Å². The van der Waals surface area contributed by atoms with Crippen molar-refractivity contribution >= 4 is 21.7 Å². The fraction of sp³-hybridized carbons (Fsp3) is 0.286. The van der Waals surface area contributed by atoms with Crippen LogP contribution in [-0.2, 0) is 11.3 Å². The highest BCUT2D eigenvalue weighted by molar-refractivity contribution is 9.10. The predicted octanol–water partition coefficient (Wildman–Crippen LogP) is 3.25. The molecule has 2 aromatic rings. The van der Waals surface area contributed by atoms with Crippen LogP contribution >= 0.6 is 15.9 Å². The van der Waals surface area contributed by atoms with E-state index in [0.29, 0.717) is 22.7 Å². The predicted molar refractivity (Wildman–Crippen MR) is 79.8 cm³/mol. The Balaban J connectivity index is 2.55. The first-order valence-corrected chi connectivity index (χ1v) is 6.70. The molecule has 2 N–H and O–H groups in total. The number of nitrogens with zero attached hydrogens (tertiary/aromatic N) is 2. The van der Waals surface area contributed by atoms with E-state index in [9.17, 15) is 0 Å². The van der Waals surface area contributed by atoms with Gasteiger partial charge in [0, 0.05) is 12.7 Å². The molecule has 0 aliphatic heterocycles. The number of aryl methyl sites for hydroxylation is 2. The summed E-state index contributed by atoms with van der Waals surface area (Å²) in [5, 5.41) is 0. The normalized spacial score (nSPS) is 10.7. The standard InChI is InChI=1S/C14H16BrN3O/c1-8-4-9(2)6-10(5-8)14-17-11(7-19-3)12(15)13(16)18-14/h4-6H,7H2,1-3H3,(H2,16,17,18). The zero-order valence-electron chi connectivity index (χ0n) is 11.2. The Morgan fingerprint density at radius 3 is 2.37 bits per heavy atom. The van der Waals surface area contributed by atoms with Crippen molar-refractivity contribution in [3.63, 3.8) is 0 Å². The minimum absolute atomic E-state index is 0.394. The number of rotatable bonds is 3. The highest BCUT2D eigenvalue weighted by Gasteiger charge is 2.11. The Morgan fingerprint density at radius 2 is 1.79 bits per heavy atom. The molecule has 0 saturated carbocycles. The molecule has 0 atom stereocenters. The second-order valence-corrected chi connectivity index (χ2v) is 5.30. The molecule has 100 valence electrons. The molecule has 1 aromatic carbocycles. The second-order valence-electron chi connectivity index (χ2n) is 4.50. The number of hydrogen-bond donors (Lipinski definition) is 1. The maximum Gasteiger partial charge on any atom is 0.161 e. The molecule has 4 nitrogen and oxygen atoms in total. The average Bonchev–Trinajstić information content (AvgIpc) is 2.33. The summed E-state index contributed by atoms with van der Waals surface area (Å²) in [6, 6.07) is 6.21. The van der Waals surface area contributed by atoms with Gasteiger partial charge >= 0.3 is 0 Å². The van der Waals surface area contributed by atoms with Crippen molar-refractivity contribution in [3.8, 4) is 11.4 Å². The van der Waals surface area contributed by atoms with Crippen molar-refractivity contribution in [2.45, 2.75) is 20.5 Å². The first-order chi connectivity index (χ1) is 9.01. The maximum absolute atomic E-state index is 5.91. The smallest absolute Gasteiger partial charge is 0.161 e. The lowest BCUT2D eigenvalue weighted by molar-refractivity contribution is 0.181. The van der Waals surface area contributed by atoms with Crippen molar-refractivity contribution < 1.29 is 4.74 Å². The van der Waals surface area contributed by atoms with Crippen LogP contribution in [0.15, 0.2) is 22.7 Å². The van der Waals surface area contributed by atoms with Gasteiger partial charge in [-0.2, -0.15) is 0 Å². The van der Waals surface area contributed by atoms with Crippen LogP contribution in [-0.4, -0.2) is 17.1 Å². The molecule has 0 amide bonds. The summed E-state index contributed by atoms with van der Waals surface area (Å²) in [6.45, 7) is 4.49. The molecule has 0 aliphatic carbocycles. The molecule has 0 saturated heterocycles. The first kappa shape index (κ1) is 14.0. The summed E-state index contributed by atoms with van der Waals surface area (Å²) >= 11 is 3.39. The first-order valence-electron chi connectivity index (χ1n) is 5.90. The Hall–Kier alpha value is -1.46. The zero-order valence-corrected chi connectivity index (χ0v) is 12.8. The number of ether oxygens (including phenoxy) is 1. The topological polar surface area (TPSA) is 61.0 Å². The van der Waals surface area contributed by atoms with Crippen LogP contribution in [0, 0.1) is 13.8 Å². The number of nitrogens with two attached hydrogens (primary N) is 1. The van der Waals surface area contributed by atoms with E-state index in [1.54, 1.807) is 7.11 Å². The van der Waals surface area contributed by atoms with E-state index < -0.39 is 0 Å². The van der Waals surface area contributed by atoms with Gasteiger partial charge in [0.05, 0.1) is 16.8 Å². The van der Waals surface area contributed by atoms with Gasteiger partial charge in [0.1, 0.15) is 5.82 Å². The van der Waals surface area contributed by atoms with Gasteiger partial charge in [-0.15, -0.1) is 0 Å². The van der Waals surface area contributed by atoms with Crippen LogP contribution in [0.4, 0.5) is 5.82 Å². The molecule has 0 fully saturated rings. The highest BCUT2D eigenvalue weighted by Crippen LogP contribution is 2.26. The molecular formula is C14H16BrN3O. The third-order valence-electron chi connectivity index (χ3n) is 2.71. The number of aromatic nitrogens is 2. The molecule has 1 aromatic heterocycles. The summed E-state index contributed by atoms with van der Waals surface area (Å²) in [5.41, 5.74) is 9.98. The summed E-state index contributed by atoms with van der Waals surface area (Å²) in [5.74, 6) is 1.05. The van der Waals surface area contributed by atoms with Crippen LogP contribution in [0.1, 0.15) is 16.8 Å². The molecule has 0 bridgehead atoms. The quantitative estimate of drug-likeness (QED) is 0.942.